The number of fused-ring (bicyclic) bond motifs is 3. The van der Waals surface area contributed by atoms with E-state index in [2.05, 4.69) is 16.6 Å². The van der Waals surface area contributed by atoms with Gasteiger partial charge in [-0.25, -0.2) is 4.98 Å². The zero-order chi connectivity index (χ0) is 10.4. The van der Waals surface area contributed by atoms with Gasteiger partial charge in [-0.05, 0) is 37.3 Å². The van der Waals surface area contributed by atoms with Gasteiger partial charge in [0.1, 0.15) is 5.15 Å². The molecule has 0 amide bonds. The van der Waals surface area contributed by atoms with Gasteiger partial charge in [-0.15, -0.1) is 0 Å². The molecule has 2 aromatic rings. The van der Waals surface area contributed by atoms with Crippen LogP contribution in [0.4, 0.5) is 0 Å². The molecule has 3 rings (SSSR count). The number of aryl methyl sites for hydroxylation is 2. The molecule has 1 aliphatic carbocycles. The largest absolute Gasteiger partial charge is 0.346 e. The van der Waals surface area contributed by atoms with Gasteiger partial charge < -0.3 is 4.57 Å². The fraction of sp³-hybridized carbons (Fsp3) is 0.417. The molecule has 0 saturated carbocycles. The van der Waals surface area contributed by atoms with Crippen LogP contribution in [0.1, 0.15) is 24.1 Å². The molecule has 0 unspecified atom stereocenters. The number of rotatable bonds is 0. The summed E-state index contributed by atoms with van der Waals surface area (Å²) >= 11 is 5.95. The standard InChI is InChI=1S/C12H13ClN2/c1-15-10-5-3-2-4-8(10)9-6-12(13)14-7-11(9)15/h6-7H,2-5H2,1H3. The number of hydrogen-bond donors (Lipinski definition) is 0. The molecule has 2 heterocycles. The Hall–Kier alpha value is -1.02. The van der Waals surface area contributed by atoms with Crippen LogP contribution in [0, 0.1) is 0 Å². The van der Waals surface area contributed by atoms with Gasteiger partial charge in [0.05, 0.1) is 11.7 Å². The smallest absolute Gasteiger partial charge is 0.129 e. The zero-order valence-electron chi connectivity index (χ0n) is 8.76. The second-order valence-electron chi connectivity index (χ2n) is 4.22. The van der Waals surface area contributed by atoms with Crippen molar-refractivity contribution in [2.24, 2.45) is 7.05 Å². The van der Waals surface area contributed by atoms with Crippen LogP contribution in [0.3, 0.4) is 0 Å². The van der Waals surface area contributed by atoms with Crippen LogP contribution in [0.25, 0.3) is 10.9 Å². The Morgan fingerprint density at radius 1 is 1.33 bits per heavy atom. The van der Waals surface area contributed by atoms with Crippen LogP contribution >= 0.6 is 11.6 Å². The number of hydrogen-bond acceptors (Lipinski definition) is 1. The Bertz CT molecular complexity index is 528. The molecule has 0 aliphatic heterocycles. The molecule has 2 nitrogen and oxygen atoms in total. The summed E-state index contributed by atoms with van der Waals surface area (Å²) in [7, 11) is 2.13. The third kappa shape index (κ3) is 1.28. The van der Waals surface area contributed by atoms with E-state index < -0.39 is 0 Å². The van der Waals surface area contributed by atoms with Crippen molar-refractivity contribution in [1.82, 2.24) is 9.55 Å². The van der Waals surface area contributed by atoms with Crippen molar-refractivity contribution in [2.75, 3.05) is 0 Å². The van der Waals surface area contributed by atoms with E-state index in [1.165, 1.54) is 47.8 Å². The predicted octanol–water partition coefficient (Wildman–Crippen LogP) is 3.11. The SMILES string of the molecule is Cn1c2c(c3cc(Cl)ncc31)CCCC2. The van der Waals surface area contributed by atoms with E-state index in [4.69, 9.17) is 11.6 Å². The topological polar surface area (TPSA) is 17.8 Å². The maximum atomic E-state index is 5.95. The Kier molecular flexibility index (Phi) is 1.99. The van der Waals surface area contributed by atoms with Gasteiger partial charge in [0, 0.05) is 18.1 Å². The van der Waals surface area contributed by atoms with Gasteiger partial charge in [-0.3, -0.25) is 0 Å². The minimum Gasteiger partial charge on any atom is -0.346 e. The number of halogens is 1. The maximum absolute atomic E-state index is 5.95. The first-order valence-corrected chi connectivity index (χ1v) is 5.77. The first kappa shape index (κ1) is 9.22. The highest BCUT2D eigenvalue weighted by molar-refractivity contribution is 6.30. The van der Waals surface area contributed by atoms with Crippen LogP contribution in [-0.2, 0) is 19.9 Å². The summed E-state index contributed by atoms with van der Waals surface area (Å²) in [4.78, 5) is 4.16. The van der Waals surface area contributed by atoms with Crippen molar-refractivity contribution in [3.05, 3.63) is 28.7 Å². The second kappa shape index (κ2) is 3.24. The average Bonchev–Trinajstić information content (AvgIpc) is 2.54. The van der Waals surface area contributed by atoms with Gasteiger partial charge in [0.2, 0.25) is 0 Å². The lowest BCUT2D eigenvalue weighted by Crippen LogP contribution is -2.04. The second-order valence-corrected chi connectivity index (χ2v) is 4.60. The zero-order valence-corrected chi connectivity index (χ0v) is 9.51. The van der Waals surface area contributed by atoms with E-state index in [0.717, 1.165) is 0 Å². The van der Waals surface area contributed by atoms with Crippen LogP contribution in [0.15, 0.2) is 12.3 Å². The molecule has 0 saturated heterocycles. The van der Waals surface area contributed by atoms with Gasteiger partial charge in [-0.1, -0.05) is 11.6 Å². The molecule has 3 heteroatoms. The highest BCUT2D eigenvalue weighted by atomic mass is 35.5. The van der Waals surface area contributed by atoms with Crippen molar-refractivity contribution in [3.8, 4) is 0 Å². The van der Waals surface area contributed by atoms with E-state index in [1.807, 2.05) is 12.3 Å². The number of nitrogens with zero attached hydrogens (tertiary/aromatic N) is 2. The van der Waals surface area contributed by atoms with Crippen LogP contribution < -0.4 is 0 Å². The molecule has 0 radical (unpaired) electrons. The Morgan fingerprint density at radius 3 is 3.00 bits per heavy atom. The third-order valence-electron chi connectivity index (χ3n) is 3.38. The van der Waals surface area contributed by atoms with E-state index in [1.54, 1.807) is 0 Å². The van der Waals surface area contributed by atoms with Gasteiger partial charge in [-0.2, -0.15) is 0 Å². The summed E-state index contributed by atoms with van der Waals surface area (Å²) < 4.78 is 2.27. The first-order valence-electron chi connectivity index (χ1n) is 5.39. The Balaban J connectivity index is 2.39. The van der Waals surface area contributed by atoms with E-state index in [-0.39, 0.29) is 0 Å². The molecular formula is C12H13ClN2. The Labute approximate surface area is 93.9 Å². The van der Waals surface area contributed by atoms with Crippen LogP contribution in [0.2, 0.25) is 5.15 Å². The summed E-state index contributed by atoms with van der Waals surface area (Å²) in [6, 6.07) is 2.00. The minimum atomic E-state index is 0.599. The fourth-order valence-corrected chi connectivity index (χ4v) is 2.78. The van der Waals surface area contributed by atoms with Gasteiger partial charge in [0.25, 0.3) is 0 Å². The quantitative estimate of drug-likeness (QED) is 0.624. The summed E-state index contributed by atoms with van der Waals surface area (Å²) in [5.74, 6) is 0. The average molecular weight is 221 g/mol. The van der Waals surface area contributed by atoms with Crippen molar-refractivity contribution < 1.29 is 0 Å². The molecule has 2 aromatic heterocycles. The fourth-order valence-electron chi connectivity index (χ4n) is 2.63. The highest BCUT2D eigenvalue weighted by Crippen LogP contribution is 2.31. The molecule has 0 bridgehead atoms. The number of aromatic nitrogens is 2. The molecule has 1 aliphatic rings. The van der Waals surface area contributed by atoms with E-state index in [9.17, 15) is 0 Å². The molecule has 15 heavy (non-hydrogen) atoms. The molecule has 0 atom stereocenters. The summed E-state index contributed by atoms with van der Waals surface area (Å²) in [6.45, 7) is 0. The minimum absolute atomic E-state index is 0.599. The van der Waals surface area contributed by atoms with E-state index >= 15 is 0 Å². The van der Waals surface area contributed by atoms with Crippen molar-refractivity contribution in [2.45, 2.75) is 25.7 Å². The Morgan fingerprint density at radius 2 is 2.13 bits per heavy atom. The molecule has 0 fully saturated rings. The number of pyridine rings is 1. The summed E-state index contributed by atoms with van der Waals surface area (Å²) in [5.41, 5.74) is 4.18. The molecule has 78 valence electrons. The summed E-state index contributed by atoms with van der Waals surface area (Å²) in [6.07, 6.45) is 6.87. The predicted molar refractivity (Wildman–Crippen MR) is 62.4 cm³/mol. The maximum Gasteiger partial charge on any atom is 0.129 e. The van der Waals surface area contributed by atoms with Gasteiger partial charge in [0.15, 0.2) is 0 Å². The first-order chi connectivity index (χ1) is 7.27. The van der Waals surface area contributed by atoms with Crippen molar-refractivity contribution >= 4 is 22.5 Å². The lowest BCUT2D eigenvalue weighted by atomic mass is 9.96. The molecular weight excluding hydrogens is 208 g/mol. The van der Waals surface area contributed by atoms with Crippen molar-refractivity contribution in [1.29, 1.82) is 0 Å². The summed E-state index contributed by atoms with van der Waals surface area (Å²) in [5, 5.41) is 1.90. The molecule has 0 N–H and O–H groups in total. The van der Waals surface area contributed by atoms with E-state index in [0.29, 0.717) is 5.15 Å². The van der Waals surface area contributed by atoms with Gasteiger partial charge >= 0.3 is 0 Å². The molecule has 0 aromatic carbocycles. The van der Waals surface area contributed by atoms with Crippen LogP contribution in [0.5, 0.6) is 0 Å². The normalized spacial score (nSPS) is 15.6. The lowest BCUT2D eigenvalue weighted by Gasteiger charge is -2.12. The lowest BCUT2D eigenvalue weighted by molar-refractivity contribution is 0.653. The van der Waals surface area contributed by atoms with Crippen LogP contribution in [-0.4, -0.2) is 9.55 Å². The third-order valence-corrected chi connectivity index (χ3v) is 3.59. The molecule has 0 spiro atoms. The highest BCUT2D eigenvalue weighted by Gasteiger charge is 2.18. The monoisotopic (exact) mass is 220 g/mol. The van der Waals surface area contributed by atoms with Crippen molar-refractivity contribution in [3.63, 3.8) is 0 Å².